The molecule has 0 saturated heterocycles. The Kier molecular flexibility index (Phi) is 5.22. The molecule has 44 heavy (non-hydrogen) atoms. The molecule has 2 aliphatic rings. The maximum Gasteiger partial charge on any atom is 0.213 e. The SMILES string of the molecule is Fc1ccc2ccc3c(c2n1)=NC1C=Cc2ccc4ccc(-c5ccc6ccc7ccc(F)nc7c6n5)nc4c2NC1=CC=3. The molecular formula is C36H20F2N6. The summed E-state index contributed by atoms with van der Waals surface area (Å²) < 4.78 is 28.2. The number of anilines is 1. The van der Waals surface area contributed by atoms with Crippen molar-refractivity contribution in [1.29, 1.82) is 0 Å². The van der Waals surface area contributed by atoms with Gasteiger partial charge in [0.05, 0.1) is 44.5 Å². The molecule has 0 fully saturated rings. The van der Waals surface area contributed by atoms with E-state index in [1.807, 2.05) is 78.9 Å². The topological polar surface area (TPSA) is 76.0 Å². The van der Waals surface area contributed by atoms with Gasteiger partial charge >= 0.3 is 0 Å². The summed E-state index contributed by atoms with van der Waals surface area (Å²) in [6.07, 6.45) is 8.06. The van der Waals surface area contributed by atoms with E-state index in [0.29, 0.717) is 33.3 Å². The van der Waals surface area contributed by atoms with Gasteiger partial charge in [-0.3, -0.25) is 4.99 Å². The van der Waals surface area contributed by atoms with Crippen LogP contribution in [0.1, 0.15) is 5.56 Å². The van der Waals surface area contributed by atoms with Crippen LogP contribution in [0.15, 0.2) is 108 Å². The van der Waals surface area contributed by atoms with Gasteiger partial charge in [-0.05, 0) is 48.0 Å². The third-order valence-corrected chi connectivity index (χ3v) is 8.23. The zero-order valence-corrected chi connectivity index (χ0v) is 23.0. The van der Waals surface area contributed by atoms with E-state index in [2.05, 4.69) is 21.4 Å². The van der Waals surface area contributed by atoms with E-state index >= 15 is 0 Å². The fourth-order valence-electron chi connectivity index (χ4n) is 6.03. The number of nitrogens with zero attached hydrogens (tertiary/aromatic N) is 5. The molecule has 6 heterocycles. The van der Waals surface area contributed by atoms with Crippen LogP contribution in [0.2, 0.25) is 0 Å². The maximum atomic E-state index is 14.1. The van der Waals surface area contributed by atoms with E-state index in [0.717, 1.165) is 49.2 Å². The minimum absolute atomic E-state index is 0.336. The first-order chi connectivity index (χ1) is 21.6. The van der Waals surface area contributed by atoms with Gasteiger partial charge in [-0.2, -0.15) is 8.78 Å². The van der Waals surface area contributed by atoms with Crippen molar-refractivity contribution >= 4 is 61.5 Å². The number of pyridine rings is 4. The molecule has 0 aliphatic carbocycles. The smallest absolute Gasteiger partial charge is 0.213 e. The first kappa shape index (κ1) is 24.7. The average Bonchev–Trinajstić information content (AvgIpc) is 3.34. The van der Waals surface area contributed by atoms with Crippen LogP contribution >= 0.6 is 0 Å². The van der Waals surface area contributed by atoms with Crippen LogP contribution in [0.3, 0.4) is 0 Å². The molecule has 4 aromatic heterocycles. The highest BCUT2D eigenvalue weighted by Gasteiger charge is 2.20. The summed E-state index contributed by atoms with van der Waals surface area (Å²) in [6.45, 7) is 0. The highest BCUT2D eigenvalue weighted by Crippen LogP contribution is 2.34. The first-order valence-electron chi connectivity index (χ1n) is 14.2. The molecule has 0 spiro atoms. The summed E-state index contributed by atoms with van der Waals surface area (Å²) in [5, 5.41) is 8.64. The molecule has 1 unspecified atom stereocenters. The molecular weight excluding hydrogens is 554 g/mol. The van der Waals surface area contributed by atoms with E-state index in [9.17, 15) is 8.78 Å². The summed E-state index contributed by atoms with van der Waals surface area (Å²) in [7, 11) is 0. The van der Waals surface area contributed by atoms with Crippen LogP contribution in [-0.2, 0) is 0 Å². The zero-order chi connectivity index (χ0) is 29.4. The molecule has 0 amide bonds. The van der Waals surface area contributed by atoms with Gasteiger partial charge in [0.15, 0.2) is 0 Å². The Hall–Kier alpha value is -5.89. The Morgan fingerprint density at radius 2 is 1.11 bits per heavy atom. The molecule has 9 rings (SSSR count). The monoisotopic (exact) mass is 574 g/mol. The number of hydrogen-bond acceptors (Lipinski definition) is 6. The standard InChI is InChI=1S/C36H20F2N6/c37-29-17-11-23-5-3-21-9-15-26-27(41-33(21)35(23)43-29)14-8-20-2-1-19-7-13-25(39-31(19)32(20)40-26)28-16-10-22-4-6-24-12-18-30(38)44-36(24)34(22)42-28/h1-18,27,40H. The lowest BCUT2D eigenvalue weighted by atomic mass is 10.1. The second kappa shape index (κ2) is 9.31. The van der Waals surface area contributed by atoms with Gasteiger partial charge in [-0.25, -0.2) is 19.9 Å². The van der Waals surface area contributed by atoms with Gasteiger partial charge < -0.3 is 5.32 Å². The number of aromatic nitrogens is 4. The normalized spacial score (nSPS) is 15.4. The van der Waals surface area contributed by atoms with Crippen molar-refractivity contribution in [3.05, 3.63) is 131 Å². The number of hydrogen-bond donors (Lipinski definition) is 1. The third-order valence-electron chi connectivity index (χ3n) is 8.23. The lowest BCUT2D eigenvalue weighted by Gasteiger charge is -2.16. The van der Waals surface area contributed by atoms with Crippen molar-refractivity contribution in [2.75, 3.05) is 5.32 Å². The predicted octanol–water partition coefficient (Wildman–Crippen LogP) is 6.63. The Bertz CT molecular complexity index is 2570. The molecule has 0 radical (unpaired) electrons. The van der Waals surface area contributed by atoms with E-state index in [1.165, 1.54) is 12.1 Å². The number of halogens is 2. The van der Waals surface area contributed by atoms with E-state index in [1.54, 1.807) is 12.1 Å². The molecule has 1 N–H and O–H groups in total. The molecule has 6 nitrogen and oxygen atoms in total. The van der Waals surface area contributed by atoms with Gasteiger partial charge in [0.2, 0.25) is 11.9 Å². The van der Waals surface area contributed by atoms with Crippen LogP contribution in [-0.4, -0.2) is 26.0 Å². The summed E-state index contributed by atoms with van der Waals surface area (Å²) in [5.74, 6) is -1.08. The zero-order valence-electron chi connectivity index (χ0n) is 23.0. The van der Waals surface area contributed by atoms with Gasteiger partial charge in [0.1, 0.15) is 6.04 Å². The quantitative estimate of drug-likeness (QED) is 0.176. The van der Waals surface area contributed by atoms with Crippen molar-refractivity contribution in [3.8, 4) is 11.4 Å². The fourth-order valence-corrected chi connectivity index (χ4v) is 6.03. The number of nitrogens with one attached hydrogen (secondary N) is 1. The maximum absolute atomic E-state index is 14.1. The highest BCUT2D eigenvalue weighted by molar-refractivity contribution is 6.03. The lowest BCUT2D eigenvalue weighted by Crippen LogP contribution is -2.27. The first-order valence-corrected chi connectivity index (χ1v) is 14.2. The molecule has 208 valence electrons. The minimum Gasteiger partial charge on any atom is -0.355 e. The third kappa shape index (κ3) is 3.88. The molecule has 2 aliphatic heterocycles. The summed E-state index contributed by atoms with van der Waals surface area (Å²) in [5.41, 5.74) is 6.49. The van der Waals surface area contributed by atoms with Crippen molar-refractivity contribution < 1.29 is 8.78 Å². The van der Waals surface area contributed by atoms with Crippen LogP contribution < -0.4 is 15.9 Å². The second-order valence-corrected chi connectivity index (χ2v) is 10.9. The summed E-state index contributed by atoms with van der Waals surface area (Å²) in [4.78, 5) is 23.3. The second-order valence-electron chi connectivity index (χ2n) is 10.9. The highest BCUT2D eigenvalue weighted by atomic mass is 19.1. The summed E-state index contributed by atoms with van der Waals surface area (Å²) >= 11 is 0. The Balaban J connectivity index is 1.18. The number of rotatable bonds is 1. The van der Waals surface area contributed by atoms with E-state index in [-0.39, 0.29) is 6.04 Å². The number of fused-ring (bicyclic) bond motifs is 10. The average molecular weight is 575 g/mol. The molecule has 1 atom stereocenters. The molecule has 0 bridgehead atoms. The molecule has 0 saturated carbocycles. The van der Waals surface area contributed by atoms with Crippen LogP contribution in [0.25, 0.3) is 67.2 Å². The van der Waals surface area contributed by atoms with Crippen LogP contribution in [0.5, 0.6) is 0 Å². The Morgan fingerprint density at radius 3 is 1.89 bits per heavy atom. The van der Waals surface area contributed by atoms with Crippen LogP contribution in [0, 0.1) is 11.9 Å². The largest absolute Gasteiger partial charge is 0.355 e. The van der Waals surface area contributed by atoms with E-state index in [4.69, 9.17) is 15.0 Å². The molecule has 7 aromatic rings. The van der Waals surface area contributed by atoms with Crippen molar-refractivity contribution in [3.63, 3.8) is 0 Å². The lowest BCUT2D eigenvalue weighted by molar-refractivity contribution is 0.588. The van der Waals surface area contributed by atoms with Gasteiger partial charge in [-0.15, -0.1) is 0 Å². The summed E-state index contributed by atoms with van der Waals surface area (Å²) in [6, 6.07) is 25.6. The van der Waals surface area contributed by atoms with Crippen molar-refractivity contribution in [1.82, 2.24) is 19.9 Å². The van der Waals surface area contributed by atoms with Gasteiger partial charge in [-0.1, -0.05) is 66.8 Å². The van der Waals surface area contributed by atoms with Crippen molar-refractivity contribution in [2.24, 2.45) is 4.99 Å². The van der Waals surface area contributed by atoms with Gasteiger partial charge in [0.25, 0.3) is 0 Å². The number of benzene rings is 3. The Morgan fingerprint density at radius 1 is 0.545 bits per heavy atom. The number of allylic oxidation sites excluding steroid dienone is 1. The van der Waals surface area contributed by atoms with Crippen molar-refractivity contribution in [2.45, 2.75) is 6.04 Å². The minimum atomic E-state index is -0.544. The molecule has 8 heteroatoms. The van der Waals surface area contributed by atoms with Gasteiger partial charge in [0, 0.05) is 32.5 Å². The fraction of sp³-hybridized carbons (Fsp3) is 0.0278. The molecule has 3 aromatic carbocycles. The van der Waals surface area contributed by atoms with Crippen LogP contribution in [0.4, 0.5) is 14.5 Å². The Labute approximate surface area is 248 Å². The predicted molar refractivity (Wildman–Crippen MR) is 169 cm³/mol. The van der Waals surface area contributed by atoms with E-state index < -0.39 is 11.9 Å².